The average molecular weight is 356 g/mol. The first-order valence-electron chi connectivity index (χ1n) is 8.53. The highest BCUT2D eigenvalue weighted by Crippen LogP contribution is 2.25. The van der Waals surface area contributed by atoms with E-state index in [0.29, 0.717) is 24.8 Å². The second-order valence-electron chi connectivity index (χ2n) is 6.24. The molecule has 2 aliphatic rings. The van der Waals surface area contributed by atoms with Crippen LogP contribution in [0.4, 0.5) is 5.82 Å². The lowest BCUT2D eigenvalue weighted by atomic mass is 10.1. The van der Waals surface area contributed by atoms with E-state index in [1.807, 2.05) is 16.7 Å². The smallest absolute Gasteiger partial charge is 0.274 e. The molecule has 2 aromatic heterocycles. The zero-order valence-electron chi connectivity index (χ0n) is 13.9. The summed E-state index contributed by atoms with van der Waals surface area (Å²) in [5, 5.41) is 3.57. The Kier molecular flexibility index (Phi) is 4.78. The van der Waals surface area contributed by atoms with Gasteiger partial charge in [-0.25, -0.2) is 15.0 Å². The van der Waals surface area contributed by atoms with E-state index >= 15 is 0 Å². The molecule has 0 spiro atoms. The van der Waals surface area contributed by atoms with Crippen molar-refractivity contribution in [2.75, 3.05) is 29.9 Å². The fraction of sp³-hybridized carbons (Fsp3) is 0.471. The van der Waals surface area contributed by atoms with Gasteiger partial charge in [0.1, 0.15) is 17.8 Å². The minimum Gasteiger partial charge on any atom is -0.366 e. The molecule has 0 aromatic carbocycles. The molecule has 25 heavy (non-hydrogen) atoms. The molecule has 0 saturated carbocycles. The highest BCUT2D eigenvalue weighted by molar-refractivity contribution is 7.99. The molecule has 2 aromatic rings. The van der Waals surface area contributed by atoms with Crippen molar-refractivity contribution in [3.8, 4) is 0 Å². The van der Waals surface area contributed by atoms with Gasteiger partial charge in [-0.05, 0) is 18.6 Å². The van der Waals surface area contributed by atoms with Gasteiger partial charge in [0, 0.05) is 49.3 Å². The first-order chi connectivity index (χ1) is 12.3. The van der Waals surface area contributed by atoms with Crippen LogP contribution in [0, 0.1) is 0 Å². The number of nitrogens with one attached hydrogen (secondary N) is 1. The summed E-state index contributed by atoms with van der Waals surface area (Å²) in [6.45, 7) is 1.28. The van der Waals surface area contributed by atoms with Gasteiger partial charge in [0.05, 0.1) is 11.9 Å². The van der Waals surface area contributed by atoms with E-state index in [0.717, 1.165) is 35.7 Å². The number of nitrogens with zero attached hydrogens (tertiary/aromatic N) is 5. The highest BCUT2D eigenvalue weighted by atomic mass is 32.2. The number of thioether (sulfide) groups is 1. The van der Waals surface area contributed by atoms with Gasteiger partial charge in [-0.1, -0.05) is 0 Å². The fourth-order valence-corrected chi connectivity index (χ4v) is 4.42. The van der Waals surface area contributed by atoms with Gasteiger partial charge in [-0.15, -0.1) is 0 Å². The zero-order chi connectivity index (χ0) is 17.1. The predicted octanol–water partition coefficient (Wildman–Crippen LogP) is 1.43. The number of carbonyl (C=O) groups is 1. The quantitative estimate of drug-likeness (QED) is 0.890. The minimum absolute atomic E-state index is 0.0735. The predicted molar refractivity (Wildman–Crippen MR) is 96.7 cm³/mol. The fourth-order valence-electron chi connectivity index (χ4n) is 3.27. The summed E-state index contributed by atoms with van der Waals surface area (Å²) in [4.78, 5) is 31.5. The lowest BCUT2D eigenvalue weighted by molar-refractivity contribution is 0.0756. The van der Waals surface area contributed by atoms with Crippen LogP contribution in [-0.4, -0.2) is 61.4 Å². The Hall–Kier alpha value is -2.22. The van der Waals surface area contributed by atoms with Crippen LogP contribution >= 0.6 is 11.8 Å². The Morgan fingerprint density at radius 1 is 1.20 bits per heavy atom. The topological polar surface area (TPSA) is 83.9 Å². The Balaban J connectivity index is 1.50. The number of amides is 1. The first-order valence-corrected chi connectivity index (χ1v) is 9.69. The molecule has 130 valence electrons. The summed E-state index contributed by atoms with van der Waals surface area (Å²) in [6.07, 6.45) is 8.92. The molecule has 1 atom stereocenters. The number of anilines is 1. The molecule has 0 aliphatic carbocycles. The van der Waals surface area contributed by atoms with Crippen molar-refractivity contribution in [1.82, 2.24) is 24.8 Å². The van der Waals surface area contributed by atoms with Crippen LogP contribution in [0.3, 0.4) is 0 Å². The Morgan fingerprint density at radius 2 is 2.12 bits per heavy atom. The molecular formula is C17H20N6OS. The molecule has 0 unspecified atom stereocenters. The van der Waals surface area contributed by atoms with Crippen molar-refractivity contribution < 1.29 is 4.79 Å². The van der Waals surface area contributed by atoms with Gasteiger partial charge in [-0.3, -0.25) is 9.78 Å². The molecule has 1 saturated heterocycles. The minimum atomic E-state index is -0.0735. The normalized spacial score (nSPS) is 20.0. The Bertz CT molecular complexity index is 750. The van der Waals surface area contributed by atoms with E-state index in [1.54, 1.807) is 18.7 Å². The monoisotopic (exact) mass is 356 g/mol. The second-order valence-corrected chi connectivity index (χ2v) is 7.39. The average Bonchev–Trinajstić information content (AvgIpc) is 3.06. The van der Waals surface area contributed by atoms with Crippen LogP contribution in [0.25, 0.3) is 0 Å². The molecule has 2 aliphatic heterocycles. The number of hydrogen-bond donors (Lipinski definition) is 1. The molecule has 1 fully saturated rings. The van der Waals surface area contributed by atoms with E-state index in [-0.39, 0.29) is 5.91 Å². The van der Waals surface area contributed by atoms with Gasteiger partial charge in [-0.2, -0.15) is 11.8 Å². The summed E-state index contributed by atoms with van der Waals surface area (Å²) in [5.41, 5.74) is 2.58. The molecule has 1 amide bonds. The van der Waals surface area contributed by atoms with Gasteiger partial charge in [0.25, 0.3) is 5.91 Å². The van der Waals surface area contributed by atoms with Crippen LogP contribution in [-0.2, 0) is 12.8 Å². The van der Waals surface area contributed by atoms with E-state index < -0.39 is 0 Å². The highest BCUT2D eigenvalue weighted by Gasteiger charge is 2.24. The maximum Gasteiger partial charge on any atom is 0.274 e. The summed E-state index contributed by atoms with van der Waals surface area (Å²) >= 11 is 1.97. The van der Waals surface area contributed by atoms with Crippen LogP contribution in [0.15, 0.2) is 24.9 Å². The summed E-state index contributed by atoms with van der Waals surface area (Å²) in [7, 11) is 0. The number of aromatic nitrogens is 4. The van der Waals surface area contributed by atoms with Gasteiger partial charge in [0.2, 0.25) is 0 Å². The van der Waals surface area contributed by atoms with E-state index in [1.165, 1.54) is 18.4 Å². The third kappa shape index (κ3) is 3.58. The molecule has 4 heterocycles. The lowest BCUT2D eigenvalue weighted by Crippen LogP contribution is -2.34. The molecule has 7 nitrogen and oxygen atoms in total. The number of hydrogen-bond acceptors (Lipinski definition) is 7. The SMILES string of the molecule is O=C(c1cnccn1)N1CCc2ncnc(N[C@@H]3CCSC3)c2CC1. The number of fused-ring (bicyclic) bond motifs is 1. The van der Waals surface area contributed by atoms with E-state index in [4.69, 9.17) is 0 Å². The van der Waals surface area contributed by atoms with Crippen molar-refractivity contribution in [2.24, 2.45) is 0 Å². The molecule has 0 radical (unpaired) electrons. The third-order valence-electron chi connectivity index (χ3n) is 4.62. The Labute approximate surface area is 150 Å². The van der Waals surface area contributed by atoms with E-state index in [9.17, 15) is 4.79 Å². The first kappa shape index (κ1) is 16.3. The maximum absolute atomic E-state index is 12.6. The van der Waals surface area contributed by atoms with E-state index in [2.05, 4.69) is 25.3 Å². The van der Waals surface area contributed by atoms with Crippen molar-refractivity contribution in [3.05, 3.63) is 41.9 Å². The van der Waals surface area contributed by atoms with Crippen molar-refractivity contribution in [1.29, 1.82) is 0 Å². The molecule has 1 N–H and O–H groups in total. The number of carbonyl (C=O) groups excluding carboxylic acids is 1. The third-order valence-corrected chi connectivity index (χ3v) is 5.79. The molecule has 8 heteroatoms. The molecule has 4 rings (SSSR count). The zero-order valence-corrected chi connectivity index (χ0v) is 14.7. The van der Waals surface area contributed by atoms with Gasteiger partial charge in [0.15, 0.2) is 0 Å². The summed E-state index contributed by atoms with van der Waals surface area (Å²) in [6, 6.07) is 0.476. The maximum atomic E-state index is 12.6. The summed E-state index contributed by atoms with van der Waals surface area (Å²) in [5.74, 6) is 3.18. The van der Waals surface area contributed by atoms with Crippen LogP contribution in [0.1, 0.15) is 28.2 Å². The van der Waals surface area contributed by atoms with Crippen molar-refractivity contribution in [3.63, 3.8) is 0 Å². The Morgan fingerprint density at radius 3 is 2.92 bits per heavy atom. The van der Waals surface area contributed by atoms with Gasteiger partial charge < -0.3 is 10.2 Å². The van der Waals surface area contributed by atoms with Gasteiger partial charge >= 0.3 is 0 Å². The molecule has 0 bridgehead atoms. The van der Waals surface area contributed by atoms with Crippen LogP contribution in [0.5, 0.6) is 0 Å². The largest absolute Gasteiger partial charge is 0.366 e. The summed E-state index contributed by atoms with van der Waals surface area (Å²) < 4.78 is 0. The van der Waals surface area contributed by atoms with Crippen LogP contribution < -0.4 is 5.32 Å². The number of rotatable bonds is 3. The second kappa shape index (κ2) is 7.35. The van der Waals surface area contributed by atoms with Crippen LogP contribution in [0.2, 0.25) is 0 Å². The molecular weight excluding hydrogens is 336 g/mol. The van der Waals surface area contributed by atoms with Crippen molar-refractivity contribution >= 4 is 23.5 Å². The lowest BCUT2D eigenvalue weighted by Gasteiger charge is -2.19. The van der Waals surface area contributed by atoms with Crippen molar-refractivity contribution in [2.45, 2.75) is 25.3 Å². The standard InChI is InChI=1S/C17H20N6OS/c24-17(15-9-18-4-5-19-15)23-6-1-13-14(2-7-23)20-11-21-16(13)22-12-3-8-25-10-12/h4-5,9,11-12H,1-3,6-8,10H2,(H,20,21,22)/t12-/m1/s1.